The molecule has 1 rings (SSSR count). The van der Waals surface area contributed by atoms with Crippen molar-refractivity contribution in [3.8, 4) is 0 Å². The van der Waals surface area contributed by atoms with Crippen LogP contribution in [0.1, 0.15) is 16.1 Å². The third kappa shape index (κ3) is 1.55. The number of hydrogen-bond donors (Lipinski definition) is 3. The molecule has 1 aromatic heterocycles. The molecule has 0 aromatic carbocycles. The molecule has 5 nitrogen and oxygen atoms in total. The Morgan fingerprint density at radius 3 is 2.15 bits per heavy atom. The average Bonchev–Trinajstić information content (AvgIpc) is 2.28. The third-order valence-corrected chi connectivity index (χ3v) is 1.28. The molecule has 0 saturated carbocycles. The maximum absolute atomic E-state index is 12.0. The molecule has 0 aliphatic carbocycles. The predicted molar refractivity (Wildman–Crippen MR) is 33.4 cm³/mol. The van der Waals surface area contributed by atoms with Gasteiger partial charge in [0.15, 0.2) is 11.3 Å². The second kappa shape index (κ2) is 2.64. The van der Waals surface area contributed by atoms with Crippen LogP contribution in [0.3, 0.4) is 0 Å². The van der Waals surface area contributed by atoms with Gasteiger partial charge in [0, 0.05) is 0 Å². The smallest absolute Gasteiger partial charge is 0.433 e. The zero-order valence-electron chi connectivity index (χ0n) is 5.90. The van der Waals surface area contributed by atoms with Gasteiger partial charge in [0.1, 0.15) is 0 Å². The number of halogens is 3. The first kappa shape index (κ1) is 9.36. The van der Waals surface area contributed by atoms with Crippen LogP contribution >= 0.6 is 0 Å². The summed E-state index contributed by atoms with van der Waals surface area (Å²) in [6.45, 7) is 0. The van der Waals surface area contributed by atoms with E-state index in [1.54, 1.807) is 5.10 Å². The quantitative estimate of drug-likeness (QED) is 0.608. The monoisotopic (exact) mass is 196 g/mol. The highest BCUT2D eigenvalue weighted by molar-refractivity contribution is 5.88. The van der Waals surface area contributed by atoms with Crippen molar-refractivity contribution in [3.05, 3.63) is 21.6 Å². The fourth-order valence-electron chi connectivity index (χ4n) is 0.774. The largest absolute Gasteiger partial charge is 0.477 e. The van der Waals surface area contributed by atoms with Crippen LogP contribution in [0.15, 0.2) is 4.79 Å². The molecule has 0 saturated heterocycles. The van der Waals surface area contributed by atoms with Gasteiger partial charge in [0.25, 0.3) is 5.56 Å². The standard InChI is InChI=1S/C5H3F3N2O3/c6-5(7,8)2-1(4(12)13)3(11)10-9-2/h(H,12,13)(H2,9,10,11). The van der Waals surface area contributed by atoms with Crippen molar-refractivity contribution in [1.29, 1.82) is 0 Å². The lowest BCUT2D eigenvalue weighted by atomic mass is 10.2. The lowest BCUT2D eigenvalue weighted by molar-refractivity contribution is -0.141. The Bertz CT molecular complexity index is 388. The minimum Gasteiger partial charge on any atom is -0.477 e. The van der Waals surface area contributed by atoms with Crippen LogP contribution in [-0.2, 0) is 6.18 Å². The van der Waals surface area contributed by atoms with E-state index in [9.17, 15) is 22.8 Å². The van der Waals surface area contributed by atoms with E-state index in [-0.39, 0.29) is 0 Å². The number of carbonyl (C=O) groups is 1. The lowest BCUT2D eigenvalue weighted by Crippen LogP contribution is -2.17. The van der Waals surface area contributed by atoms with Crippen LogP contribution < -0.4 is 5.56 Å². The van der Waals surface area contributed by atoms with Crippen LogP contribution in [0.4, 0.5) is 13.2 Å². The summed E-state index contributed by atoms with van der Waals surface area (Å²) in [4.78, 5) is 20.8. The number of carboxylic acids is 1. The fourth-order valence-corrected chi connectivity index (χ4v) is 0.774. The number of rotatable bonds is 1. The van der Waals surface area contributed by atoms with Gasteiger partial charge in [-0.15, -0.1) is 0 Å². The number of aromatic carboxylic acids is 1. The van der Waals surface area contributed by atoms with Gasteiger partial charge in [0.05, 0.1) is 0 Å². The van der Waals surface area contributed by atoms with Gasteiger partial charge in [-0.25, -0.2) is 4.79 Å². The van der Waals surface area contributed by atoms with Crippen molar-refractivity contribution in [3.63, 3.8) is 0 Å². The van der Waals surface area contributed by atoms with E-state index in [0.717, 1.165) is 0 Å². The lowest BCUT2D eigenvalue weighted by Gasteiger charge is -2.02. The van der Waals surface area contributed by atoms with Crippen molar-refractivity contribution in [2.24, 2.45) is 0 Å². The first-order valence-corrected chi connectivity index (χ1v) is 2.95. The molecule has 0 aliphatic heterocycles. The van der Waals surface area contributed by atoms with Crippen LogP contribution in [0.2, 0.25) is 0 Å². The molecule has 1 aromatic rings. The van der Waals surface area contributed by atoms with E-state index in [1.165, 1.54) is 5.10 Å². The van der Waals surface area contributed by atoms with Gasteiger partial charge in [-0.1, -0.05) is 0 Å². The number of aromatic nitrogens is 2. The Kier molecular flexibility index (Phi) is 1.90. The summed E-state index contributed by atoms with van der Waals surface area (Å²) in [5.41, 5.74) is -4.21. The van der Waals surface area contributed by atoms with Gasteiger partial charge in [-0.2, -0.15) is 13.2 Å². The average molecular weight is 196 g/mol. The van der Waals surface area contributed by atoms with E-state index in [1.807, 2.05) is 0 Å². The van der Waals surface area contributed by atoms with Gasteiger partial charge >= 0.3 is 12.1 Å². The van der Waals surface area contributed by atoms with E-state index in [0.29, 0.717) is 0 Å². The number of hydrogen-bond acceptors (Lipinski definition) is 2. The van der Waals surface area contributed by atoms with E-state index in [4.69, 9.17) is 5.11 Å². The number of aromatic amines is 2. The van der Waals surface area contributed by atoms with Gasteiger partial charge in [0.2, 0.25) is 0 Å². The topological polar surface area (TPSA) is 85.9 Å². The SMILES string of the molecule is O=C(O)c1c(C(F)(F)F)[nH][nH]c1=O. The molecule has 0 radical (unpaired) electrons. The van der Waals surface area contributed by atoms with Crippen LogP contribution in [0.5, 0.6) is 0 Å². The summed E-state index contributed by atoms with van der Waals surface area (Å²) >= 11 is 0. The van der Waals surface area contributed by atoms with E-state index >= 15 is 0 Å². The van der Waals surface area contributed by atoms with Crippen molar-refractivity contribution < 1.29 is 23.1 Å². The number of alkyl halides is 3. The Morgan fingerprint density at radius 1 is 1.31 bits per heavy atom. The normalized spacial score (nSPS) is 11.6. The molecule has 0 fully saturated rings. The molecule has 0 bridgehead atoms. The highest BCUT2D eigenvalue weighted by Crippen LogP contribution is 2.28. The summed E-state index contributed by atoms with van der Waals surface area (Å²) in [5.74, 6) is -1.92. The molecule has 8 heteroatoms. The van der Waals surface area contributed by atoms with Gasteiger partial charge in [-0.05, 0) is 0 Å². The Hall–Kier alpha value is -1.73. The third-order valence-electron chi connectivity index (χ3n) is 1.28. The maximum Gasteiger partial charge on any atom is 0.433 e. The number of nitrogens with one attached hydrogen (secondary N) is 2. The minimum atomic E-state index is -4.88. The second-order valence-electron chi connectivity index (χ2n) is 2.13. The first-order chi connectivity index (χ1) is 5.84. The molecule has 3 N–H and O–H groups in total. The first-order valence-electron chi connectivity index (χ1n) is 2.95. The summed E-state index contributed by atoms with van der Waals surface area (Å²) in [6.07, 6.45) is -4.88. The summed E-state index contributed by atoms with van der Waals surface area (Å²) < 4.78 is 35.9. The predicted octanol–water partition coefficient (Wildman–Crippen LogP) is 0.420. The zero-order chi connectivity index (χ0) is 10.2. The molecule has 1 heterocycles. The molecule has 0 spiro atoms. The molecule has 13 heavy (non-hydrogen) atoms. The van der Waals surface area contributed by atoms with Gasteiger partial charge < -0.3 is 5.11 Å². The highest BCUT2D eigenvalue weighted by atomic mass is 19.4. The molecule has 0 aliphatic rings. The molecular formula is C5H3F3N2O3. The van der Waals surface area contributed by atoms with Gasteiger partial charge in [-0.3, -0.25) is 15.0 Å². The fraction of sp³-hybridized carbons (Fsp3) is 0.200. The number of carboxylic acid groups (broad SMARTS) is 1. The van der Waals surface area contributed by atoms with Crippen molar-refractivity contribution in [1.82, 2.24) is 10.2 Å². The van der Waals surface area contributed by atoms with Crippen LogP contribution in [-0.4, -0.2) is 21.3 Å². The van der Waals surface area contributed by atoms with Crippen LogP contribution in [0.25, 0.3) is 0 Å². The Balaban J connectivity index is 3.40. The minimum absolute atomic E-state index is 1.31. The van der Waals surface area contributed by atoms with E-state index in [2.05, 4.69) is 0 Å². The summed E-state index contributed by atoms with van der Waals surface area (Å²) in [5, 5.41) is 11.3. The van der Waals surface area contributed by atoms with Crippen molar-refractivity contribution >= 4 is 5.97 Å². The maximum atomic E-state index is 12.0. The molecular weight excluding hydrogens is 193 g/mol. The zero-order valence-corrected chi connectivity index (χ0v) is 5.90. The molecule has 0 atom stereocenters. The molecule has 0 amide bonds. The molecule has 72 valence electrons. The molecule has 0 unspecified atom stereocenters. The second-order valence-corrected chi connectivity index (χ2v) is 2.13. The summed E-state index contributed by atoms with van der Waals surface area (Å²) in [6, 6.07) is 0. The summed E-state index contributed by atoms with van der Waals surface area (Å²) in [7, 11) is 0. The van der Waals surface area contributed by atoms with Crippen molar-refractivity contribution in [2.45, 2.75) is 6.18 Å². The van der Waals surface area contributed by atoms with E-state index < -0.39 is 29.0 Å². The van der Waals surface area contributed by atoms with Crippen LogP contribution in [0, 0.1) is 0 Å². The van der Waals surface area contributed by atoms with Crippen molar-refractivity contribution in [2.75, 3.05) is 0 Å². The Morgan fingerprint density at radius 2 is 1.85 bits per heavy atom. The highest BCUT2D eigenvalue weighted by Gasteiger charge is 2.39. The number of H-pyrrole nitrogens is 2. The Labute approximate surface area is 68.2 Å².